The first-order chi connectivity index (χ1) is 7.18. The van der Waals surface area contributed by atoms with Crippen LogP contribution in [0.25, 0.3) is 0 Å². The van der Waals surface area contributed by atoms with E-state index in [1.165, 1.54) is 6.07 Å². The molecule has 0 bridgehead atoms. The van der Waals surface area contributed by atoms with Gasteiger partial charge in [-0.2, -0.15) is 0 Å². The Hall–Kier alpha value is -1.58. The van der Waals surface area contributed by atoms with E-state index in [1.807, 2.05) is 0 Å². The van der Waals surface area contributed by atoms with E-state index in [2.05, 4.69) is 0 Å². The number of carboxylic acid groups (broad SMARTS) is 1. The predicted molar refractivity (Wildman–Crippen MR) is 51.3 cm³/mol. The zero-order valence-corrected chi connectivity index (χ0v) is 8.07. The number of para-hydroxylation sites is 1. The van der Waals surface area contributed by atoms with E-state index in [9.17, 15) is 9.18 Å². The van der Waals surface area contributed by atoms with Crippen molar-refractivity contribution in [1.82, 2.24) is 0 Å². The van der Waals surface area contributed by atoms with Gasteiger partial charge in [-0.1, -0.05) is 12.1 Å². The molecule has 80 valence electrons. The third-order valence-corrected chi connectivity index (χ3v) is 2.58. The first kappa shape index (κ1) is 9.96. The molecule has 15 heavy (non-hydrogen) atoms. The molecule has 0 radical (unpaired) electrons. The maximum atomic E-state index is 13.3. The Morgan fingerprint density at radius 3 is 3.07 bits per heavy atom. The number of carbonyl (C=O) groups is 1. The summed E-state index contributed by atoms with van der Waals surface area (Å²) in [5.41, 5.74) is 0.639. The molecule has 1 N–H and O–H groups in total. The highest BCUT2D eigenvalue weighted by molar-refractivity contribution is 5.70. The van der Waals surface area contributed by atoms with Gasteiger partial charge in [0.05, 0.1) is 12.5 Å². The normalized spacial score (nSPS) is 19.9. The van der Waals surface area contributed by atoms with E-state index in [0.717, 1.165) is 0 Å². The molecule has 1 atom stereocenters. The lowest BCUT2D eigenvalue weighted by Crippen LogP contribution is -2.16. The SMILES string of the molecule is O=C(O)C1CCOc2c(F)cccc2C1. The molecule has 1 aromatic rings. The molecule has 1 heterocycles. The number of rotatable bonds is 1. The highest BCUT2D eigenvalue weighted by atomic mass is 19.1. The number of benzene rings is 1. The second kappa shape index (κ2) is 3.88. The third kappa shape index (κ3) is 1.93. The first-order valence-corrected chi connectivity index (χ1v) is 4.81. The average molecular weight is 210 g/mol. The van der Waals surface area contributed by atoms with Crippen LogP contribution < -0.4 is 4.74 Å². The first-order valence-electron chi connectivity index (χ1n) is 4.81. The largest absolute Gasteiger partial charge is 0.490 e. The van der Waals surface area contributed by atoms with Gasteiger partial charge in [-0.05, 0) is 24.5 Å². The zero-order valence-electron chi connectivity index (χ0n) is 8.07. The fourth-order valence-electron chi connectivity index (χ4n) is 1.76. The number of hydrogen-bond acceptors (Lipinski definition) is 2. The summed E-state index contributed by atoms with van der Waals surface area (Å²) in [6, 6.07) is 4.60. The summed E-state index contributed by atoms with van der Waals surface area (Å²) < 4.78 is 18.5. The Morgan fingerprint density at radius 1 is 1.53 bits per heavy atom. The van der Waals surface area contributed by atoms with Gasteiger partial charge in [-0.25, -0.2) is 4.39 Å². The Balaban J connectivity index is 2.34. The molecule has 0 amide bonds. The molecule has 0 aromatic heterocycles. The van der Waals surface area contributed by atoms with Crippen molar-refractivity contribution in [3.05, 3.63) is 29.6 Å². The molecule has 4 heteroatoms. The van der Waals surface area contributed by atoms with Crippen LogP contribution in [0.1, 0.15) is 12.0 Å². The fraction of sp³-hybridized carbons (Fsp3) is 0.364. The number of ether oxygens (including phenoxy) is 1. The lowest BCUT2D eigenvalue weighted by atomic mass is 9.97. The molecule has 1 unspecified atom stereocenters. The van der Waals surface area contributed by atoms with Gasteiger partial charge in [0.15, 0.2) is 11.6 Å². The lowest BCUT2D eigenvalue weighted by Gasteiger charge is -2.07. The molecule has 2 rings (SSSR count). The van der Waals surface area contributed by atoms with E-state index in [-0.39, 0.29) is 12.4 Å². The van der Waals surface area contributed by atoms with E-state index < -0.39 is 17.7 Å². The summed E-state index contributed by atoms with van der Waals surface area (Å²) in [6.45, 7) is 0.255. The van der Waals surface area contributed by atoms with Crippen molar-refractivity contribution in [2.75, 3.05) is 6.61 Å². The van der Waals surface area contributed by atoms with Crippen molar-refractivity contribution in [2.24, 2.45) is 5.92 Å². The molecule has 0 saturated heterocycles. The van der Waals surface area contributed by atoms with Gasteiger partial charge in [0.25, 0.3) is 0 Å². The summed E-state index contributed by atoms with van der Waals surface area (Å²) >= 11 is 0. The summed E-state index contributed by atoms with van der Waals surface area (Å²) in [5.74, 6) is -1.54. The van der Waals surface area contributed by atoms with Gasteiger partial charge < -0.3 is 9.84 Å². The van der Waals surface area contributed by atoms with Crippen LogP contribution in [0.4, 0.5) is 4.39 Å². The third-order valence-electron chi connectivity index (χ3n) is 2.58. The quantitative estimate of drug-likeness (QED) is 0.769. The van der Waals surface area contributed by atoms with Gasteiger partial charge in [0, 0.05) is 0 Å². The van der Waals surface area contributed by atoms with Crippen LogP contribution in [0, 0.1) is 11.7 Å². The summed E-state index contributed by atoms with van der Waals surface area (Å²) in [7, 11) is 0. The average Bonchev–Trinajstić information content (AvgIpc) is 2.40. The molecule has 1 aliphatic heterocycles. The van der Waals surface area contributed by atoms with Crippen molar-refractivity contribution in [3.63, 3.8) is 0 Å². The molecule has 0 saturated carbocycles. The van der Waals surface area contributed by atoms with E-state index in [4.69, 9.17) is 9.84 Å². The van der Waals surface area contributed by atoms with Crippen molar-refractivity contribution >= 4 is 5.97 Å². The van der Waals surface area contributed by atoms with Gasteiger partial charge >= 0.3 is 5.97 Å². The highest BCUT2D eigenvalue weighted by Gasteiger charge is 2.24. The second-order valence-electron chi connectivity index (χ2n) is 3.60. The summed E-state index contributed by atoms with van der Waals surface area (Å²) in [6.07, 6.45) is 0.756. The minimum Gasteiger partial charge on any atom is -0.490 e. The van der Waals surface area contributed by atoms with Crippen LogP contribution in [0.3, 0.4) is 0 Å². The molecule has 3 nitrogen and oxygen atoms in total. The van der Waals surface area contributed by atoms with E-state index in [0.29, 0.717) is 18.4 Å². The highest BCUT2D eigenvalue weighted by Crippen LogP contribution is 2.29. The maximum absolute atomic E-state index is 13.3. The molecule has 0 spiro atoms. The standard InChI is InChI=1S/C11H11FO3/c12-9-3-1-2-7-6-8(11(13)14)4-5-15-10(7)9/h1-3,8H,4-6H2,(H,13,14). The van der Waals surface area contributed by atoms with Gasteiger partial charge in [0.2, 0.25) is 0 Å². The predicted octanol–water partition coefficient (Wildman–Crippen LogP) is 1.85. The Morgan fingerprint density at radius 2 is 2.33 bits per heavy atom. The Bertz CT molecular complexity index is 389. The van der Waals surface area contributed by atoms with E-state index in [1.54, 1.807) is 12.1 Å². The molecule has 0 fully saturated rings. The summed E-state index contributed by atoms with van der Waals surface area (Å²) in [4.78, 5) is 10.9. The van der Waals surface area contributed by atoms with Crippen LogP contribution >= 0.6 is 0 Å². The van der Waals surface area contributed by atoms with Gasteiger partial charge in [-0.15, -0.1) is 0 Å². The molecule has 1 aliphatic rings. The lowest BCUT2D eigenvalue weighted by molar-refractivity contribution is -0.142. The van der Waals surface area contributed by atoms with Gasteiger partial charge in [-0.3, -0.25) is 4.79 Å². The molecule has 0 aliphatic carbocycles. The minimum atomic E-state index is -0.851. The van der Waals surface area contributed by atoms with Crippen LogP contribution in [0.2, 0.25) is 0 Å². The number of halogens is 1. The second-order valence-corrected chi connectivity index (χ2v) is 3.60. The van der Waals surface area contributed by atoms with Crippen LogP contribution in [-0.2, 0) is 11.2 Å². The van der Waals surface area contributed by atoms with Crippen LogP contribution in [0.15, 0.2) is 18.2 Å². The molecule has 1 aromatic carbocycles. The molecular formula is C11H11FO3. The molecular weight excluding hydrogens is 199 g/mol. The number of carboxylic acids is 1. The number of fused-ring (bicyclic) bond motifs is 1. The maximum Gasteiger partial charge on any atom is 0.306 e. The smallest absolute Gasteiger partial charge is 0.306 e. The monoisotopic (exact) mass is 210 g/mol. The zero-order chi connectivity index (χ0) is 10.8. The van der Waals surface area contributed by atoms with Crippen molar-refractivity contribution in [3.8, 4) is 5.75 Å². The minimum absolute atomic E-state index is 0.209. The summed E-state index contributed by atoms with van der Waals surface area (Å²) in [5, 5.41) is 8.91. The fourth-order valence-corrected chi connectivity index (χ4v) is 1.76. The van der Waals surface area contributed by atoms with Crippen LogP contribution in [-0.4, -0.2) is 17.7 Å². The number of aliphatic carboxylic acids is 1. The van der Waals surface area contributed by atoms with Crippen molar-refractivity contribution in [2.45, 2.75) is 12.8 Å². The Labute approximate surface area is 86.5 Å². The Kier molecular flexibility index (Phi) is 2.58. The van der Waals surface area contributed by atoms with Crippen LogP contribution in [0.5, 0.6) is 5.75 Å². The number of hydrogen-bond donors (Lipinski definition) is 1. The van der Waals surface area contributed by atoms with Crippen molar-refractivity contribution in [1.29, 1.82) is 0 Å². The van der Waals surface area contributed by atoms with E-state index >= 15 is 0 Å². The topological polar surface area (TPSA) is 46.5 Å². The van der Waals surface area contributed by atoms with Gasteiger partial charge in [0.1, 0.15) is 0 Å². The van der Waals surface area contributed by atoms with Crippen molar-refractivity contribution < 1.29 is 19.0 Å².